The molecule has 0 saturated heterocycles. The summed E-state index contributed by atoms with van der Waals surface area (Å²) in [6.07, 6.45) is 0. The van der Waals surface area contributed by atoms with Crippen molar-refractivity contribution in [1.82, 2.24) is 0 Å². The van der Waals surface area contributed by atoms with E-state index in [4.69, 9.17) is 5.26 Å². The van der Waals surface area contributed by atoms with Crippen molar-refractivity contribution in [3.05, 3.63) is 56.9 Å². The lowest BCUT2D eigenvalue weighted by Gasteiger charge is -2.11. The molecule has 0 aliphatic rings. The van der Waals surface area contributed by atoms with Crippen molar-refractivity contribution in [3.8, 4) is 6.07 Å². The lowest BCUT2D eigenvalue weighted by Crippen LogP contribution is -1.96. The van der Waals surface area contributed by atoms with Crippen molar-refractivity contribution in [2.45, 2.75) is 6.92 Å². The monoisotopic (exact) mass is 352 g/mol. The standard InChI is InChI=1S/C14H10FIN2/c1-9-13(16)3-2-4-14(9)18-11-6-5-10(8-17)12(15)7-11/h2-7,18H,1H3. The van der Waals surface area contributed by atoms with Crippen LogP contribution in [0.15, 0.2) is 36.4 Å². The van der Waals surface area contributed by atoms with Crippen LogP contribution in [-0.4, -0.2) is 0 Å². The smallest absolute Gasteiger partial charge is 0.143 e. The van der Waals surface area contributed by atoms with Crippen LogP contribution in [0.4, 0.5) is 15.8 Å². The molecule has 1 N–H and O–H groups in total. The maximum absolute atomic E-state index is 13.5. The van der Waals surface area contributed by atoms with Crippen molar-refractivity contribution >= 4 is 34.0 Å². The normalized spacial score (nSPS) is 9.89. The van der Waals surface area contributed by atoms with E-state index in [9.17, 15) is 4.39 Å². The fourth-order valence-electron chi connectivity index (χ4n) is 1.58. The molecule has 0 saturated carbocycles. The molecule has 0 aliphatic carbocycles. The van der Waals surface area contributed by atoms with E-state index in [-0.39, 0.29) is 5.56 Å². The summed E-state index contributed by atoms with van der Waals surface area (Å²) in [5.74, 6) is -0.509. The van der Waals surface area contributed by atoms with E-state index in [1.807, 2.05) is 25.1 Å². The van der Waals surface area contributed by atoms with Gasteiger partial charge < -0.3 is 5.32 Å². The quantitative estimate of drug-likeness (QED) is 0.816. The van der Waals surface area contributed by atoms with Crippen LogP contribution in [-0.2, 0) is 0 Å². The average Bonchev–Trinajstić information content (AvgIpc) is 2.35. The number of halogens is 2. The highest BCUT2D eigenvalue weighted by atomic mass is 127. The van der Waals surface area contributed by atoms with Gasteiger partial charge in [0.05, 0.1) is 5.56 Å². The molecule has 0 aromatic heterocycles. The Morgan fingerprint density at radius 2 is 2.06 bits per heavy atom. The molecular weight excluding hydrogens is 342 g/mol. The number of rotatable bonds is 2. The van der Waals surface area contributed by atoms with Crippen LogP contribution in [0.1, 0.15) is 11.1 Å². The number of anilines is 2. The third-order valence-electron chi connectivity index (χ3n) is 2.64. The highest BCUT2D eigenvalue weighted by Crippen LogP contribution is 2.25. The first-order valence-corrected chi connectivity index (χ1v) is 6.41. The van der Waals surface area contributed by atoms with Crippen LogP contribution in [0, 0.1) is 27.6 Å². The summed E-state index contributed by atoms with van der Waals surface area (Å²) in [4.78, 5) is 0. The van der Waals surface area contributed by atoms with Crippen molar-refractivity contribution in [2.24, 2.45) is 0 Å². The van der Waals surface area contributed by atoms with Crippen LogP contribution < -0.4 is 5.32 Å². The van der Waals surface area contributed by atoms with Gasteiger partial charge in [-0.3, -0.25) is 0 Å². The van der Waals surface area contributed by atoms with E-state index in [0.29, 0.717) is 5.69 Å². The van der Waals surface area contributed by atoms with Gasteiger partial charge in [-0.05, 0) is 65.4 Å². The molecule has 4 heteroatoms. The molecule has 90 valence electrons. The lowest BCUT2D eigenvalue weighted by atomic mass is 10.1. The number of nitriles is 1. The van der Waals surface area contributed by atoms with Gasteiger partial charge in [-0.2, -0.15) is 5.26 Å². The maximum Gasteiger partial charge on any atom is 0.143 e. The summed E-state index contributed by atoms with van der Waals surface area (Å²) in [7, 11) is 0. The number of nitrogens with zero attached hydrogens (tertiary/aromatic N) is 1. The second kappa shape index (κ2) is 5.36. The van der Waals surface area contributed by atoms with Gasteiger partial charge in [0.25, 0.3) is 0 Å². The Bertz CT molecular complexity index is 632. The van der Waals surface area contributed by atoms with E-state index < -0.39 is 5.82 Å². The van der Waals surface area contributed by atoms with Crippen molar-refractivity contribution in [3.63, 3.8) is 0 Å². The van der Waals surface area contributed by atoms with Crippen LogP contribution in [0.25, 0.3) is 0 Å². The minimum Gasteiger partial charge on any atom is -0.355 e. The highest BCUT2D eigenvalue weighted by molar-refractivity contribution is 14.1. The van der Waals surface area contributed by atoms with E-state index in [1.165, 1.54) is 12.1 Å². The van der Waals surface area contributed by atoms with Crippen LogP contribution in [0.5, 0.6) is 0 Å². The Morgan fingerprint density at radius 3 is 2.72 bits per heavy atom. The van der Waals surface area contributed by atoms with Gasteiger partial charge in [0.15, 0.2) is 0 Å². The second-order valence-corrected chi connectivity index (χ2v) is 5.01. The molecule has 18 heavy (non-hydrogen) atoms. The van der Waals surface area contributed by atoms with Gasteiger partial charge in [0.1, 0.15) is 11.9 Å². The third kappa shape index (κ3) is 2.62. The second-order valence-electron chi connectivity index (χ2n) is 3.84. The molecule has 0 amide bonds. The van der Waals surface area contributed by atoms with Crippen LogP contribution >= 0.6 is 22.6 Å². The van der Waals surface area contributed by atoms with E-state index >= 15 is 0 Å². The lowest BCUT2D eigenvalue weighted by molar-refractivity contribution is 0.624. The number of benzene rings is 2. The highest BCUT2D eigenvalue weighted by Gasteiger charge is 2.05. The molecule has 0 radical (unpaired) electrons. The summed E-state index contributed by atoms with van der Waals surface area (Å²) < 4.78 is 14.6. The molecule has 0 atom stereocenters. The van der Waals surface area contributed by atoms with E-state index in [0.717, 1.165) is 14.8 Å². The molecule has 0 fully saturated rings. The summed E-state index contributed by atoms with van der Waals surface area (Å²) >= 11 is 2.25. The van der Waals surface area contributed by atoms with E-state index in [2.05, 4.69) is 27.9 Å². The molecule has 0 spiro atoms. The van der Waals surface area contributed by atoms with Crippen molar-refractivity contribution in [2.75, 3.05) is 5.32 Å². The molecule has 0 heterocycles. The van der Waals surface area contributed by atoms with Crippen molar-refractivity contribution in [1.29, 1.82) is 5.26 Å². The summed E-state index contributed by atoms with van der Waals surface area (Å²) in [6, 6.07) is 12.2. The Hall–Kier alpha value is -1.61. The topological polar surface area (TPSA) is 35.8 Å². The molecule has 0 unspecified atom stereocenters. The minimum absolute atomic E-state index is 0.0555. The zero-order valence-corrected chi connectivity index (χ0v) is 11.8. The van der Waals surface area contributed by atoms with Gasteiger partial charge in [-0.15, -0.1) is 0 Å². The maximum atomic E-state index is 13.5. The van der Waals surface area contributed by atoms with Gasteiger partial charge in [0, 0.05) is 14.9 Å². The third-order valence-corrected chi connectivity index (χ3v) is 3.80. The summed E-state index contributed by atoms with van der Waals surface area (Å²) in [6.45, 7) is 2.00. The summed E-state index contributed by atoms with van der Waals surface area (Å²) in [5, 5.41) is 11.8. The SMILES string of the molecule is Cc1c(I)cccc1Nc1ccc(C#N)c(F)c1. The predicted molar refractivity (Wildman–Crippen MR) is 78.3 cm³/mol. The van der Waals surface area contributed by atoms with Crippen molar-refractivity contribution < 1.29 is 4.39 Å². The van der Waals surface area contributed by atoms with Gasteiger partial charge in [0.2, 0.25) is 0 Å². The van der Waals surface area contributed by atoms with Gasteiger partial charge in [-0.1, -0.05) is 6.07 Å². The summed E-state index contributed by atoms with van der Waals surface area (Å²) in [5.41, 5.74) is 2.74. The fourth-order valence-corrected chi connectivity index (χ4v) is 2.08. The van der Waals surface area contributed by atoms with Crippen LogP contribution in [0.2, 0.25) is 0 Å². The van der Waals surface area contributed by atoms with Crippen LogP contribution in [0.3, 0.4) is 0 Å². The molecule has 2 aromatic rings. The zero-order valence-electron chi connectivity index (χ0n) is 9.67. The van der Waals surface area contributed by atoms with Gasteiger partial charge >= 0.3 is 0 Å². The first kappa shape index (κ1) is 12.8. The van der Waals surface area contributed by atoms with E-state index in [1.54, 1.807) is 12.1 Å². The molecule has 2 rings (SSSR count). The number of nitrogens with one attached hydrogen (secondary N) is 1. The minimum atomic E-state index is -0.509. The largest absolute Gasteiger partial charge is 0.355 e. The first-order valence-electron chi connectivity index (χ1n) is 5.33. The molecule has 0 bridgehead atoms. The molecule has 2 nitrogen and oxygen atoms in total. The van der Waals surface area contributed by atoms with Gasteiger partial charge in [-0.25, -0.2) is 4.39 Å². The predicted octanol–water partition coefficient (Wildman–Crippen LogP) is 4.35. The Kier molecular flexibility index (Phi) is 3.82. The Labute approximate surface area is 119 Å². The Morgan fingerprint density at radius 1 is 1.28 bits per heavy atom. The first-order chi connectivity index (χ1) is 8.61. The molecule has 2 aromatic carbocycles. The fraction of sp³-hybridized carbons (Fsp3) is 0.0714. The average molecular weight is 352 g/mol. The zero-order chi connectivity index (χ0) is 13.1. The number of hydrogen-bond acceptors (Lipinski definition) is 2. The number of hydrogen-bond donors (Lipinski definition) is 1. The molecule has 0 aliphatic heterocycles. The Balaban J connectivity index is 2.32. The molecular formula is C14H10FIN2.